The van der Waals surface area contributed by atoms with E-state index in [1.165, 1.54) is 0 Å². The van der Waals surface area contributed by atoms with Crippen LogP contribution < -0.4 is 0 Å². The molecular formula is C8H7Cl2NO2. The highest BCUT2D eigenvalue weighted by Crippen LogP contribution is 2.06. The average Bonchev–Trinajstić information content (AvgIpc) is 2.15. The van der Waals surface area contributed by atoms with Gasteiger partial charge in [-0.15, -0.1) is 3.94 Å². The van der Waals surface area contributed by atoms with E-state index in [1.54, 1.807) is 0 Å². The van der Waals surface area contributed by atoms with Crippen molar-refractivity contribution in [3.05, 3.63) is 35.9 Å². The molecule has 0 radical (unpaired) electrons. The third-order valence-corrected chi connectivity index (χ3v) is 1.62. The van der Waals surface area contributed by atoms with E-state index in [4.69, 9.17) is 28.3 Å². The van der Waals surface area contributed by atoms with Crippen molar-refractivity contribution in [2.24, 2.45) is 0 Å². The molecule has 0 spiro atoms. The monoisotopic (exact) mass is 219 g/mol. The maximum absolute atomic E-state index is 10.8. The third-order valence-electron chi connectivity index (χ3n) is 1.34. The van der Waals surface area contributed by atoms with Crippen LogP contribution in [-0.2, 0) is 11.3 Å². The first-order valence-corrected chi connectivity index (χ1v) is 4.20. The molecule has 0 aromatic heterocycles. The Kier molecular flexibility index (Phi) is 3.86. The van der Waals surface area contributed by atoms with Crippen molar-refractivity contribution in [3.8, 4) is 0 Å². The largest absolute Gasteiger partial charge is 0.443 e. The van der Waals surface area contributed by atoms with Crippen LogP contribution in [0.2, 0.25) is 0 Å². The maximum atomic E-state index is 10.8. The molecule has 0 fully saturated rings. The van der Waals surface area contributed by atoms with E-state index >= 15 is 0 Å². The standard InChI is InChI=1S/C8H7Cl2NO2/c9-11(10)8(12)13-6-7-4-2-1-3-5-7/h1-5H,6H2. The van der Waals surface area contributed by atoms with Gasteiger partial charge in [0.1, 0.15) is 6.61 Å². The molecular weight excluding hydrogens is 213 g/mol. The highest BCUT2D eigenvalue weighted by molar-refractivity contribution is 6.40. The van der Waals surface area contributed by atoms with Crippen molar-refractivity contribution in [3.63, 3.8) is 0 Å². The highest BCUT2D eigenvalue weighted by atomic mass is 35.5. The molecule has 0 aliphatic rings. The molecule has 1 aromatic carbocycles. The number of benzene rings is 1. The number of carbonyl (C=O) groups is 1. The van der Waals surface area contributed by atoms with Crippen LogP contribution in [0.5, 0.6) is 0 Å². The van der Waals surface area contributed by atoms with E-state index in [9.17, 15) is 4.79 Å². The third kappa shape index (κ3) is 3.53. The van der Waals surface area contributed by atoms with Gasteiger partial charge in [0.2, 0.25) is 0 Å². The summed E-state index contributed by atoms with van der Waals surface area (Å²) in [6, 6.07) is 9.24. The van der Waals surface area contributed by atoms with Gasteiger partial charge in [0.05, 0.1) is 0 Å². The quantitative estimate of drug-likeness (QED) is 0.717. The number of halogens is 2. The molecule has 70 valence electrons. The van der Waals surface area contributed by atoms with Crippen LogP contribution in [0.4, 0.5) is 4.79 Å². The minimum Gasteiger partial charge on any atom is -0.443 e. The SMILES string of the molecule is O=C(OCc1ccccc1)N(Cl)Cl. The average molecular weight is 220 g/mol. The molecule has 0 aliphatic heterocycles. The van der Waals surface area contributed by atoms with Crippen LogP contribution in [0, 0.1) is 0 Å². The van der Waals surface area contributed by atoms with Crippen molar-refractivity contribution >= 4 is 29.6 Å². The Balaban J connectivity index is 2.40. The minimum absolute atomic E-state index is 0.162. The van der Waals surface area contributed by atoms with Crippen LogP contribution in [0.25, 0.3) is 0 Å². The zero-order chi connectivity index (χ0) is 9.68. The van der Waals surface area contributed by atoms with Crippen molar-refractivity contribution in [1.82, 2.24) is 3.94 Å². The van der Waals surface area contributed by atoms with Gasteiger partial charge in [-0.3, -0.25) is 0 Å². The molecule has 0 saturated carbocycles. The topological polar surface area (TPSA) is 29.5 Å². The Morgan fingerprint density at radius 1 is 1.31 bits per heavy atom. The number of nitrogens with zero attached hydrogens (tertiary/aromatic N) is 1. The fourth-order valence-corrected chi connectivity index (χ4v) is 0.866. The smallest absolute Gasteiger partial charge is 0.440 e. The van der Waals surface area contributed by atoms with Crippen molar-refractivity contribution < 1.29 is 9.53 Å². The Bertz CT molecular complexity index is 277. The number of hydrogen-bond donors (Lipinski definition) is 0. The second-order valence-corrected chi connectivity index (χ2v) is 3.12. The Labute approximate surface area is 86.0 Å². The summed E-state index contributed by atoms with van der Waals surface area (Å²) in [6.45, 7) is 0.162. The van der Waals surface area contributed by atoms with E-state index in [0.717, 1.165) is 5.56 Å². The van der Waals surface area contributed by atoms with Gasteiger partial charge in [-0.05, 0) is 5.56 Å². The van der Waals surface area contributed by atoms with Gasteiger partial charge < -0.3 is 4.74 Å². The van der Waals surface area contributed by atoms with Gasteiger partial charge in [0.15, 0.2) is 0 Å². The number of ether oxygens (including phenoxy) is 1. The molecule has 1 aromatic rings. The fraction of sp³-hybridized carbons (Fsp3) is 0.125. The summed E-state index contributed by atoms with van der Waals surface area (Å²) < 4.78 is 5.06. The molecule has 0 aliphatic carbocycles. The summed E-state index contributed by atoms with van der Waals surface area (Å²) in [7, 11) is 0. The summed E-state index contributed by atoms with van der Waals surface area (Å²) in [5, 5.41) is 0. The van der Waals surface area contributed by atoms with Crippen molar-refractivity contribution in [2.45, 2.75) is 6.61 Å². The zero-order valence-corrected chi connectivity index (χ0v) is 8.13. The fourth-order valence-electron chi connectivity index (χ4n) is 0.768. The summed E-state index contributed by atoms with van der Waals surface area (Å²) >= 11 is 10.2. The van der Waals surface area contributed by atoms with Gasteiger partial charge in [-0.2, -0.15) is 0 Å². The number of carbonyl (C=O) groups excluding carboxylic acids is 1. The van der Waals surface area contributed by atoms with Gasteiger partial charge in [0.25, 0.3) is 0 Å². The molecule has 0 unspecified atom stereocenters. The lowest BCUT2D eigenvalue weighted by molar-refractivity contribution is 0.133. The van der Waals surface area contributed by atoms with Gasteiger partial charge in [0, 0.05) is 23.6 Å². The number of amides is 1. The minimum atomic E-state index is -0.785. The summed E-state index contributed by atoms with van der Waals surface area (Å²) in [4.78, 5) is 10.8. The summed E-state index contributed by atoms with van der Waals surface area (Å²) in [5.74, 6) is 0. The number of hydrogen-bond acceptors (Lipinski definition) is 2. The van der Waals surface area contributed by atoms with Crippen LogP contribution in [0.1, 0.15) is 5.56 Å². The Morgan fingerprint density at radius 3 is 2.46 bits per heavy atom. The van der Waals surface area contributed by atoms with Crippen LogP contribution in [0.3, 0.4) is 0 Å². The number of rotatable bonds is 2. The van der Waals surface area contributed by atoms with E-state index in [2.05, 4.69) is 0 Å². The lowest BCUT2D eigenvalue weighted by atomic mass is 10.2. The molecule has 0 atom stereocenters. The van der Waals surface area contributed by atoms with Crippen LogP contribution >= 0.6 is 23.6 Å². The van der Waals surface area contributed by atoms with E-state index < -0.39 is 6.09 Å². The molecule has 0 N–H and O–H groups in total. The van der Waals surface area contributed by atoms with Gasteiger partial charge >= 0.3 is 6.09 Å². The summed E-state index contributed by atoms with van der Waals surface area (Å²) in [5.41, 5.74) is 0.881. The molecule has 1 amide bonds. The van der Waals surface area contributed by atoms with Crippen LogP contribution in [-0.4, -0.2) is 10.0 Å². The molecule has 0 heterocycles. The van der Waals surface area contributed by atoms with E-state index in [-0.39, 0.29) is 6.61 Å². The highest BCUT2D eigenvalue weighted by Gasteiger charge is 2.08. The normalized spacial score (nSPS) is 9.38. The molecule has 0 bridgehead atoms. The maximum Gasteiger partial charge on any atom is 0.440 e. The first-order valence-electron chi connectivity index (χ1n) is 3.52. The second kappa shape index (κ2) is 4.94. The molecule has 0 saturated heterocycles. The molecule has 1 rings (SSSR count). The lowest BCUT2D eigenvalue weighted by Crippen LogP contribution is -2.12. The lowest BCUT2D eigenvalue weighted by Gasteiger charge is -2.05. The van der Waals surface area contributed by atoms with E-state index in [1.807, 2.05) is 30.3 Å². The van der Waals surface area contributed by atoms with Crippen molar-refractivity contribution in [2.75, 3.05) is 0 Å². The first kappa shape index (κ1) is 10.2. The predicted molar refractivity (Wildman–Crippen MR) is 50.2 cm³/mol. The zero-order valence-electron chi connectivity index (χ0n) is 6.61. The van der Waals surface area contributed by atoms with Gasteiger partial charge in [-0.25, -0.2) is 4.79 Å². The second-order valence-electron chi connectivity index (χ2n) is 2.27. The Hall–Kier alpha value is -0.930. The Morgan fingerprint density at radius 2 is 1.92 bits per heavy atom. The van der Waals surface area contributed by atoms with Crippen molar-refractivity contribution in [1.29, 1.82) is 0 Å². The summed E-state index contributed by atoms with van der Waals surface area (Å²) in [6.07, 6.45) is -0.785. The van der Waals surface area contributed by atoms with E-state index in [0.29, 0.717) is 3.94 Å². The first-order chi connectivity index (χ1) is 6.20. The van der Waals surface area contributed by atoms with Crippen LogP contribution in [0.15, 0.2) is 30.3 Å². The predicted octanol–water partition coefficient (Wildman–Crippen LogP) is 2.93. The van der Waals surface area contributed by atoms with Gasteiger partial charge in [-0.1, -0.05) is 30.3 Å². The molecule has 3 nitrogen and oxygen atoms in total. The molecule has 13 heavy (non-hydrogen) atoms. The molecule has 5 heteroatoms.